The van der Waals surface area contributed by atoms with Crippen LogP contribution in [0.4, 0.5) is 5.82 Å². The molecular formula is C16H17N5O2. The van der Waals surface area contributed by atoms with Gasteiger partial charge < -0.3 is 15.0 Å². The topological polar surface area (TPSA) is 92.8 Å². The number of carbonyl (C=O) groups excluding carboxylic acids is 1. The van der Waals surface area contributed by atoms with E-state index in [2.05, 4.69) is 32.2 Å². The number of H-pyrrole nitrogens is 1. The van der Waals surface area contributed by atoms with E-state index in [9.17, 15) is 4.79 Å². The number of methoxy groups -OCH3 is 1. The average Bonchev–Trinajstić information content (AvgIpc) is 3.06. The minimum absolute atomic E-state index is 0.418. The minimum atomic E-state index is -0.418. The van der Waals surface area contributed by atoms with Crippen molar-refractivity contribution in [3.8, 4) is 0 Å². The number of aromatic nitrogens is 4. The maximum atomic E-state index is 11.8. The predicted octanol–water partition coefficient (Wildman–Crippen LogP) is 2.31. The smallest absolute Gasteiger partial charge is 0.340 e. The molecule has 118 valence electrons. The Labute approximate surface area is 133 Å². The van der Waals surface area contributed by atoms with Gasteiger partial charge in [-0.3, -0.25) is 4.98 Å². The number of fused-ring (bicyclic) bond motifs is 1. The highest BCUT2D eigenvalue weighted by Gasteiger charge is 2.13. The fraction of sp³-hybridized carbons (Fsp3) is 0.250. The van der Waals surface area contributed by atoms with E-state index >= 15 is 0 Å². The van der Waals surface area contributed by atoms with Gasteiger partial charge in [0.25, 0.3) is 0 Å². The van der Waals surface area contributed by atoms with Gasteiger partial charge in [-0.25, -0.2) is 14.8 Å². The van der Waals surface area contributed by atoms with Gasteiger partial charge in [-0.05, 0) is 12.5 Å². The molecule has 0 aliphatic carbocycles. The number of nitrogens with one attached hydrogen (secondary N) is 2. The molecule has 0 aliphatic heterocycles. The fourth-order valence-corrected chi connectivity index (χ4v) is 2.35. The number of pyridine rings is 2. The SMILES string of the molecule is CCc1cnc(CNc2nccc3c(C(=O)OC)cncc23)[nH]1. The molecule has 0 amide bonds. The summed E-state index contributed by atoms with van der Waals surface area (Å²) >= 11 is 0. The molecule has 0 atom stereocenters. The third-order valence-electron chi connectivity index (χ3n) is 3.58. The van der Waals surface area contributed by atoms with Gasteiger partial charge in [-0.15, -0.1) is 0 Å². The van der Waals surface area contributed by atoms with Crippen LogP contribution in [0.2, 0.25) is 0 Å². The molecule has 0 saturated carbocycles. The van der Waals surface area contributed by atoms with Gasteiger partial charge in [0.05, 0.1) is 19.2 Å². The van der Waals surface area contributed by atoms with Crippen LogP contribution in [0.1, 0.15) is 28.8 Å². The molecule has 0 aliphatic rings. The second kappa shape index (κ2) is 6.43. The van der Waals surface area contributed by atoms with E-state index in [-0.39, 0.29) is 0 Å². The van der Waals surface area contributed by atoms with Gasteiger partial charge in [0, 0.05) is 41.3 Å². The molecule has 0 saturated heterocycles. The van der Waals surface area contributed by atoms with E-state index in [1.54, 1.807) is 18.5 Å². The van der Waals surface area contributed by atoms with E-state index in [1.165, 1.54) is 13.3 Å². The molecule has 0 radical (unpaired) electrons. The molecule has 0 fully saturated rings. The van der Waals surface area contributed by atoms with Crippen molar-refractivity contribution in [1.29, 1.82) is 0 Å². The van der Waals surface area contributed by atoms with Crippen LogP contribution in [-0.2, 0) is 17.7 Å². The number of hydrogen-bond donors (Lipinski definition) is 2. The summed E-state index contributed by atoms with van der Waals surface area (Å²) in [7, 11) is 1.35. The standard InChI is InChI=1S/C16H17N5O2/c1-3-10-6-19-14(21-10)9-20-15-12-7-17-8-13(16(22)23-2)11(12)4-5-18-15/h4-8H,3,9H2,1-2H3,(H,18,20)(H,19,21). The lowest BCUT2D eigenvalue weighted by atomic mass is 10.1. The summed E-state index contributed by atoms with van der Waals surface area (Å²) < 4.78 is 4.79. The Bertz CT molecular complexity index is 843. The highest BCUT2D eigenvalue weighted by molar-refractivity contribution is 6.06. The third kappa shape index (κ3) is 2.98. The van der Waals surface area contributed by atoms with Gasteiger partial charge in [-0.1, -0.05) is 6.92 Å². The molecule has 0 bridgehead atoms. The molecule has 3 aromatic heterocycles. The Morgan fingerprint density at radius 3 is 2.87 bits per heavy atom. The van der Waals surface area contributed by atoms with Crippen LogP contribution in [0.5, 0.6) is 0 Å². The van der Waals surface area contributed by atoms with E-state index in [4.69, 9.17) is 4.74 Å². The molecule has 3 aromatic rings. The van der Waals surface area contributed by atoms with Gasteiger partial charge in [0.2, 0.25) is 0 Å². The molecule has 3 heterocycles. The van der Waals surface area contributed by atoms with Gasteiger partial charge in [0.1, 0.15) is 11.6 Å². The Morgan fingerprint density at radius 1 is 1.26 bits per heavy atom. The molecule has 23 heavy (non-hydrogen) atoms. The fourth-order valence-electron chi connectivity index (χ4n) is 2.35. The average molecular weight is 311 g/mol. The second-order valence-corrected chi connectivity index (χ2v) is 5.00. The Kier molecular flexibility index (Phi) is 4.18. The van der Waals surface area contributed by atoms with Crippen molar-refractivity contribution < 1.29 is 9.53 Å². The lowest BCUT2D eigenvalue weighted by Gasteiger charge is -2.09. The van der Waals surface area contributed by atoms with Crippen molar-refractivity contribution >= 4 is 22.6 Å². The number of rotatable bonds is 5. The number of carbonyl (C=O) groups is 1. The van der Waals surface area contributed by atoms with Crippen molar-refractivity contribution in [3.63, 3.8) is 0 Å². The maximum absolute atomic E-state index is 11.8. The zero-order valence-corrected chi connectivity index (χ0v) is 13.0. The first kappa shape index (κ1) is 15.0. The van der Waals surface area contributed by atoms with Crippen LogP contribution >= 0.6 is 0 Å². The summed E-state index contributed by atoms with van der Waals surface area (Å²) in [6, 6.07) is 1.77. The van der Waals surface area contributed by atoms with E-state index in [0.29, 0.717) is 17.9 Å². The van der Waals surface area contributed by atoms with Crippen LogP contribution in [0.25, 0.3) is 10.8 Å². The number of ether oxygens (including phenoxy) is 1. The number of esters is 1. The summed E-state index contributed by atoms with van der Waals surface area (Å²) in [5.41, 5.74) is 1.50. The van der Waals surface area contributed by atoms with Crippen molar-refractivity contribution in [1.82, 2.24) is 19.9 Å². The van der Waals surface area contributed by atoms with Crippen LogP contribution in [0, 0.1) is 0 Å². The quantitative estimate of drug-likeness (QED) is 0.702. The Hall–Kier alpha value is -2.96. The number of hydrogen-bond acceptors (Lipinski definition) is 6. The van der Waals surface area contributed by atoms with Crippen LogP contribution in [0.3, 0.4) is 0 Å². The van der Waals surface area contributed by atoms with Crippen molar-refractivity contribution in [2.45, 2.75) is 19.9 Å². The lowest BCUT2D eigenvalue weighted by Crippen LogP contribution is -2.06. The second-order valence-electron chi connectivity index (χ2n) is 5.00. The maximum Gasteiger partial charge on any atom is 0.340 e. The summed E-state index contributed by atoms with van der Waals surface area (Å²) in [6.45, 7) is 2.57. The molecule has 3 rings (SSSR count). The van der Waals surface area contributed by atoms with Crippen LogP contribution in [0.15, 0.2) is 30.9 Å². The largest absolute Gasteiger partial charge is 0.465 e. The monoisotopic (exact) mass is 311 g/mol. The zero-order chi connectivity index (χ0) is 16.2. The van der Waals surface area contributed by atoms with Crippen molar-refractivity contribution in [2.75, 3.05) is 12.4 Å². The highest BCUT2D eigenvalue weighted by Crippen LogP contribution is 2.23. The first-order valence-corrected chi connectivity index (χ1v) is 7.30. The van der Waals surface area contributed by atoms with Crippen molar-refractivity contribution in [2.24, 2.45) is 0 Å². The molecule has 0 spiro atoms. The molecule has 2 N–H and O–H groups in total. The molecule has 0 unspecified atom stereocenters. The Morgan fingerprint density at radius 2 is 2.13 bits per heavy atom. The summed E-state index contributed by atoms with van der Waals surface area (Å²) in [5, 5.41) is 4.74. The van der Waals surface area contributed by atoms with E-state index in [1.807, 2.05) is 6.20 Å². The number of imidazole rings is 1. The normalized spacial score (nSPS) is 10.7. The first-order valence-electron chi connectivity index (χ1n) is 7.30. The van der Waals surface area contributed by atoms with Gasteiger partial charge in [-0.2, -0.15) is 0 Å². The van der Waals surface area contributed by atoms with Crippen LogP contribution in [-0.4, -0.2) is 33.0 Å². The third-order valence-corrected chi connectivity index (χ3v) is 3.58. The number of anilines is 1. The van der Waals surface area contributed by atoms with Crippen molar-refractivity contribution in [3.05, 3.63) is 47.9 Å². The molecule has 7 nitrogen and oxygen atoms in total. The predicted molar refractivity (Wildman–Crippen MR) is 86.2 cm³/mol. The lowest BCUT2D eigenvalue weighted by molar-refractivity contribution is 0.0602. The molecular weight excluding hydrogens is 294 g/mol. The summed E-state index contributed by atoms with van der Waals surface area (Å²) in [6.07, 6.45) is 7.56. The minimum Gasteiger partial charge on any atom is -0.465 e. The number of aryl methyl sites for hydroxylation is 1. The number of aromatic amines is 1. The first-order chi connectivity index (χ1) is 11.2. The summed E-state index contributed by atoms with van der Waals surface area (Å²) in [4.78, 5) is 27.8. The molecule has 0 aromatic carbocycles. The van der Waals surface area contributed by atoms with Crippen LogP contribution < -0.4 is 5.32 Å². The number of nitrogens with zero attached hydrogens (tertiary/aromatic N) is 3. The van der Waals surface area contributed by atoms with E-state index < -0.39 is 5.97 Å². The highest BCUT2D eigenvalue weighted by atomic mass is 16.5. The summed E-state index contributed by atoms with van der Waals surface area (Å²) in [5.74, 6) is 1.06. The van der Waals surface area contributed by atoms with Gasteiger partial charge in [0.15, 0.2) is 0 Å². The zero-order valence-electron chi connectivity index (χ0n) is 13.0. The molecule has 7 heteroatoms. The Balaban J connectivity index is 1.90. The van der Waals surface area contributed by atoms with E-state index in [0.717, 1.165) is 28.7 Å². The van der Waals surface area contributed by atoms with Gasteiger partial charge >= 0.3 is 5.97 Å².